The highest BCUT2D eigenvalue weighted by atomic mass is 35.5. The van der Waals surface area contributed by atoms with Gasteiger partial charge in [0.1, 0.15) is 0 Å². The molecule has 0 aliphatic carbocycles. The Morgan fingerprint density at radius 1 is 1.04 bits per heavy atom. The summed E-state index contributed by atoms with van der Waals surface area (Å²) >= 11 is 6.84. The molecule has 0 radical (unpaired) electrons. The molecule has 0 aromatic heterocycles. The third kappa shape index (κ3) is 4.94. The number of hydrogen-bond acceptors (Lipinski definition) is 5. The maximum Gasteiger partial charge on any atom is 0.309 e. The zero-order valence-electron chi connectivity index (χ0n) is 13.8. The van der Waals surface area contributed by atoms with Crippen molar-refractivity contribution in [2.45, 2.75) is 6.92 Å². The number of thioether (sulfide) groups is 1. The number of hydrogen-bond donors (Lipinski definition) is 0. The van der Waals surface area contributed by atoms with Gasteiger partial charge in [0, 0.05) is 27.5 Å². The molecule has 1 atom stereocenters. The van der Waals surface area contributed by atoms with Crippen molar-refractivity contribution in [2.24, 2.45) is 5.92 Å². The van der Waals surface area contributed by atoms with Crippen LogP contribution in [0.15, 0.2) is 48.5 Å². The molecule has 0 aliphatic rings. The van der Waals surface area contributed by atoms with Crippen molar-refractivity contribution >= 4 is 40.2 Å². The molecule has 130 valence electrons. The van der Waals surface area contributed by atoms with Crippen LogP contribution in [0, 0.1) is 5.92 Å². The third-order valence-electron chi connectivity index (χ3n) is 3.57. The van der Waals surface area contributed by atoms with E-state index in [0.29, 0.717) is 21.7 Å². The Hall–Kier alpha value is -2.11. The molecule has 0 N–H and O–H groups in total. The lowest BCUT2D eigenvalue weighted by atomic mass is 9.99. The van der Waals surface area contributed by atoms with Crippen molar-refractivity contribution in [2.75, 3.05) is 12.9 Å². The summed E-state index contributed by atoms with van der Waals surface area (Å²) in [5.74, 6) is -0.735. The van der Waals surface area contributed by atoms with Gasteiger partial charge in [-0.05, 0) is 30.3 Å². The van der Waals surface area contributed by atoms with Gasteiger partial charge in [-0.25, -0.2) is 0 Å². The number of esters is 1. The van der Waals surface area contributed by atoms with Gasteiger partial charge < -0.3 is 4.74 Å². The second-order valence-electron chi connectivity index (χ2n) is 5.40. The van der Waals surface area contributed by atoms with Gasteiger partial charge in [0.05, 0.1) is 13.0 Å². The first kappa shape index (κ1) is 19.2. The smallest absolute Gasteiger partial charge is 0.309 e. The van der Waals surface area contributed by atoms with E-state index in [4.69, 9.17) is 11.6 Å². The summed E-state index contributed by atoms with van der Waals surface area (Å²) in [6, 6.07) is 13.2. The first-order chi connectivity index (χ1) is 11.9. The van der Waals surface area contributed by atoms with Crippen LogP contribution in [0.2, 0.25) is 5.02 Å². The molecular weight excluding hydrogens is 360 g/mol. The van der Waals surface area contributed by atoms with E-state index in [1.54, 1.807) is 55.5 Å². The van der Waals surface area contributed by atoms with E-state index >= 15 is 0 Å². The quantitative estimate of drug-likeness (QED) is 0.557. The zero-order valence-corrected chi connectivity index (χ0v) is 15.4. The van der Waals surface area contributed by atoms with Crippen LogP contribution in [0.4, 0.5) is 0 Å². The standard InChI is InChI=1S/C19H17ClO4S/c1-12(18(22)24-2)11-25-19(23)16-6-4-3-5-15(16)17(21)13-7-9-14(20)10-8-13/h3-10,12H,11H2,1-2H3. The first-order valence-corrected chi connectivity index (χ1v) is 8.94. The highest BCUT2D eigenvalue weighted by molar-refractivity contribution is 8.14. The van der Waals surface area contributed by atoms with Gasteiger partial charge in [-0.2, -0.15) is 0 Å². The van der Waals surface area contributed by atoms with Gasteiger partial charge in [-0.3, -0.25) is 14.4 Å². The molecule has 1 unspecified atom stereocenters. The number of methoxy groups -OCH3 is 1. The predicted molar refractivity (Wildman–Crippen MR) is 99.3 cm³/mol. The van der Waals surface area contributed by atoms with Crippen molar-refractivity contribution in [1.29, 1.82) is 0 Å². The Labute approximate surface area is 155 Å². The molecule has 2 rings (SSSR count). The summed E-state index contributed by atoms with van der Waals surface area (Å²) in [5, 5.41) is 0.280. The first-order valence-electron chi connectivity index (χ1n) is 7.58. The van der Waals surface area contributed by atoms with Gasteiger partial charge in [-0.1, -0.05) is 48.5 Å². The van der Waals surface area contributed by atoms with Gasteiger partial charge in [0.15, 0.2) is 5.78 Å². The largest absolute Gasteiger partial charge is 0.469 e. The second kappa shape index (κ2) is 8.83. The number of rotatable bonds is 6. The van der Waals surface area contributed by atoms with Crippen LogP contribution in [0.1, 0.15) is 33.2 Å². The van der Waals surface area contributed by atoms with Crippen LogP contribution < -0.4 is 0 Å². The van der Waals surface area contributed by atoms with Crippen LogP contribution in [0.5, 0.6) is 0 Å². The number of halogens is 1. The number of carbonyl (C=O) groups excluding carboxylic acids is 3. The second-order valence-corrected chi connectivity index (χ2v) is 6.83. The van der Waals surface area contributed by atoms with E-state index < -0.39 is 5.92 Å². The normalized spacial score (nSPS) is 11.6. The summed E-state index contributed by atoms with van der Waals surface area (Å²) in [5.41, 5.74) is 1.11. The maximum absolute atomic E-state index is 12.7. The van der Waals surface area contributed by atoms with Crippen LogP contribution in [0.3, 0.4) is 0 Å². The molecule has 6 heteroatoms. The summed E-state index contributed by atoms with van der Waals surface area (Å²) in [7, 11) is 1.31. The minimum absolute atomic E-state index is 0.248. The molecule has 0 amide bonds. The molecule has 2 aromatic rings. The Morgan fingerprint density at radius 2 is 1.64 bits per heavy atom. The lowest BCUT2D eigenvalue weighted by molar-refractivity contribution is -0.143. The van der Waals surface area contributed by atoms with Crippen LogP contribution >= 0.6 is 23.4 Å². The van der Waals surface area contributed by atoms with E-state index in [2.05, 4.69) is 4.74 Å². The van der Waals surface area contributed by atoms with Crippen molar-refractivity contribution in [1.82, 2.24) is 0 Å². The van der Waals surface area contributed by atoms with Crippen molar-refractivity contribution in [3.8, 4) is 0 Å². The van der Waals surface area contributed by atoms with Gasteiger partial charge >= 0.3 is 5.97 Å². The monoisotopic (exact) mass is 376 g/mol. The SMILES string of the molecule is COC(=O)C(C)CSC(=O)c1ccccc1C(=O)c1ccc(Cl)cc1. The minimum Gasteiger partial charge on any atom is -0.469 e. The summed E-state index contributed by atoms with van der Waals surface area (Å²) in [4.78, 5) is 36.6. The fourth-order valence-electron chi connectivity index (χ4n) is 2.16. The van der Waals surface area contributed by atoms with Gasteiger partial charge in [0.2, 0.25) is 5.12 Å². The van der Waals surface area contributed by atoms with Crippen molar-refractivity contribution in [3.63, 3.8) is 0 Å². The van der Waals surface area contributed by atoms with Crippen molar-refractivity contribution in [3.05, 3.63) is 70.2 Å². The minimum atomic E-state index is -0.405. The Morgan fingerprint density at radius 3 is 2.24 bits per heavy atom. The number of benzene rings is 2. The molecule has 0 spiro atoms. The topological polar surface area (TPSA) is 60.4 Å². The van der Waals surface area contributed by atoms with E-state index in [-0.39, 0.29) is 22.6 Å². The zero-order chi connectivity index (χ0) is 18.4. The summed E-state index contributed by atoms with van der Waals surface area (Å²) in [6.07, 6.45) is 0. The molecule has 0 aliphatic heterocycles. The molecule has 25 heavy (non-hydrogen) atoms. The van der Waals surface area contributed by atoms with Gasteiger partial charge in [-0.15, -0.1) is 0 Å². The fraction of sp³-hybridized carbons (Fsp3) is 0.211. The fourth-order valence-corrected chi connectivity index (χ4v) is 3.16. The third-order valence-corrected chi connectivity index (χ3v) is 4.97. The summed E-state index contributed by atoms with van der Waals surface area (Å²) < 4.78 is 4.65. The average molecular weight is 377 g/mol. The molecular formula is C19H17ClO4S. The average Bonchev–Trinajstić information content (AvgIpc) is 2.65. The number of carbonyl (C=O) groups is 3. The molecule has 2 aromatic carbocycles. The maximum atomic E-state index is 12.7. The van der Waals surface area contributed by atoms with Crippen molar-refractivity contribution < 1.29 is 19.1 Å². The van der Waals surface area contributed by atoms with E-state index in [1.807, 2.05) is 0 Å². The molecule has 0 fully saturated rings. The predicted octanol–water partition coefficient (Wildman–Crippen LogP) is 4.25. The molecule has 0 saturated carbocycles. The lowest BCUT2D eigenvalue weighted by Gasteiger charge is -2.10. The Bertz CT molecular complexity index is 786. The molecule has 0 heterocycles. The van der Waals surface area contributed by atoms with Crippen LogP contribution in [0.25, 0.3) is 0 Å². The number of ketones is 1. The number of ether oxygens (including phenoxy) is 1. The Balaban J connectivity index is 2.19. The van der Waals surface area contributed by atoms with Crippen LogP contribution in [-0.4, -0.2) is 29.7 Å². The van der Waals surface area contributed by atoms with E-state index in [0.717, 1.165) is 11.8 Å². The Kier molecular flexibility index (Phi) is 6.79. The van der Waals surface area contributed by atoms with E-state index in [1.165, 1.54) is 7.11 Å². The van der Waals surface area contributed by atoms with Crippen LogP contribution in [-0.2, 0) is 9.53 Å². The molecule has 0 saturated heterocycles. The summed E-state index contributed by atoms with van der Waals surface area (Å²) in [6.45, 7) is 1.69. The van der Waals surface area contributed by atoms with Gasteiger partial charge in [0.25, 0.3) is 0 Å². The molecule has 4 nitrogen and oxygen atoms in total. The van der Waals surface area contributed by atoms with E-state index in [9.17, 15) is 14.4 Å². The lowest BCUT2D eigenvalue weighted by Crippen LogP contribution is -2.16. The highest BCUT2D eigenvalue weighted by Crippen LogP contribution is 2.22. The highest BCUT2D eigenvalue weighted by Gasteiger charge is 2.21. The molecule has 0 bridgehead atoms.